The number of hydrogen-bond acceptors (Lipinski definition) is 3. The summed E-state index contributed by atoms with van der Waals surface area (Å²) >= 11 is 6.14. The summed E-state index contributed by atoms with van der Waals surface area (Å²) in [5.41, 5.74) is 2.83. The monoisotopic (exact) mass is 341 g/mol. The highest BCUT2D eigenvalue weighted by Gasteiger charge is 2.11. The maximum Gasteiger partial charge on any atom is 0.254 e. The number of carbonyl (C=O) groups is 1. The van der Waals surface area contributed by atoms with E-state index in [0.29, 0.717) is 22.8 Å². The summed E-state index contributed by atoms with van der Waals surface area (Å²) in [6.07, 6.45) is 3.13. The number of benzene rings is 2. The van der Waals surface area contributed by atoms with E-state index in [1.807, 2.05) is 42.5 Å². The molecule has 0 aliphatic rings. The van der Waals surface area contributed by atoms with Crippen LogP contribution in [0.4, 0.5) is 0 Å². The van der Waals surface area contributed by atoms with Crippen LogP contribution in [0.15, 0.2) is 60.9 Å². The van der Waals surface area contributed by atoms with Gasteiger partial charge >= 0.3 is 0 Å². The number of amides is 1. The third-order valence-corrected chi connectivity index (χ3v) is 3.99. The van der Waals surface area contributed by atoms with Crippen LogP contribution >= 0.6 is 11.6 Å². The number of hydrogen-bond donors (Lipinski definition) is 2. The zero-order valence-corrected chi connectivity index (χ0v) is 13.6. The second-order valence-corrected chi connectivity index (χ2v) is 5.64. The molecule has 0 aliphatic carbocycles. The molecular formula is C18H16ClN3O2. The number of aliphatic hydroxyl groups is 1. The van der Waals surface area contributed by atoms with E-state index in [2.05, 4.69) is 10.4 Å². The third-order valence-electron chi connectivity index (χ3n) is 3.67. The molecule has 0 radical (unpaired) electrons. The van der Waals surface area contributed by atoms with E-state index < -0.39 is 0 Å². The normalized spacial score (nSPS) is 10.6. The van der Waals surface area contributed by atoms with Crippen LogP contribution in [0, 0.1) is 0 Å². The fraction of sp³-hybridized carbons (Fsp3) is 0.111. The molecule has 0 saturated carbocycles. The standard InChI is InChI=1S/C18H16ClN3O2/c19-16-7-3-4-8-17(16)22-11-15(10-21-22)18(24)20-9-13-5-1-2-6-14(13)12-23/h1-8,10-11,23H,9,12H2,(H,20,24). The Morgan fingerprint density at radius 2 is 1.83 bits per heavy atom. The number of carbonyl (C=O) groups excluding carboxylic acids is 1. The van der Waals surface area contributed by atoms with E-state index in [-0.39, 0.29) is 12.5 Å². The van der Waals surface area contributed by atoms with Crippen molar-refractivity contribution >= 4 is 17.5 Å². The Kier molecular flexibility index (Phi) is 4.93. The van der Waals surface area contributed by atoms with Crippen molar-refractivity contribution in [3.05, 3.63) is 82.6 Å². The second kappa shape index (κ2) is 7.29. The van der Waals surface area contributed by atoms with E-state index in [9.17, 15) is 9.90 Å². The average molecular weight is 342 g/mol. The van der Waals surface area contributed by atoms with Gasteiger partial charge in [0.25, 0.3) is 5.91 Å². The van der Waals surface area contributed by atoms with E-state index >= 15 is 0 Å². The smallest absolute Gasteiger partial charge is 0.254 e. The molecule has 0 unspecified atom stereocenters. The van der Waals surface area contributed by atoms with Crippen LogP contribution in [0.1, 0.15) is 21.5 Å². The van der Waals surface area contributed by atoms with Crippen LogP contribution in [0.5, 0.6) is 0 Å². The van der Waals surface area contributed by atoms with Crippen molar-refractivity contribution in [2.24, 2.45) is 0 Å². The minimum Gasteiger partial charge on any atom is -0.392 e. The molecule has 0 saturated heterocycles. The number of halogens is 1. The van der Waals surface area contributed by atoms with E-state index in [1.54, 1.807) is 16.9 Å². The Balaban J connectivity index is 1.71. The Hall–Kier alpha value is -2.63. The summed E-state index contributed by atoms with van der Waals surface area (Å²) < 4.78 is 1.57. The van der Waals surface area contributed by atoms with Gasteiger partial charge in [0, 0.05) is 12.7 Å². The molecule has 0 bridgehead atoms. The van der Waals surface area contributed by atoms with Gasteiger partial charge in [-0.1, -0.05) is 48.0 Å². The first-order chi connectivity index (χ1) is 11.7. The molecule has 3 aromatic rings. The van der Waals surface area contributed by atoms with Crippen molar-refractivity contribution in [1.29, 1.82) is 0 Å². The molecule has 5 nitrogen and oxygen atoms in total. The van der Waals surface area contributed by atoms with E-state index in [1.165, 1.54) is 6.20 Å². The average Bonchev–Trinajstić information content (AvgIpc) is 3.10. The molecule has 1 aromatic heterocycles. The van der Waals surface area contributed by atoms with Gasteiger partial charge in [0.15, 0.2) is 0 Å². The molecule has 6 heteroatoms. The first-order valence-electron chi connectivity index (χ1n) is 7.44. The first-order valence-corrected chi connectivity index (χ1v) is 7.82. The quantitative estimate of drug-likeness (QED) is 0.749. The lowest BCUT2D eigenvalue weighted by atomic mass is 10.1. The zero-order valence-electron chi connectivity index (χ0n) is 12.8. The summed E-state index contributed by atoms with van der Waals surface area (Å²) in [6.45, 7) is 0.281. The zero-order chi connectivity index (χ0) is 16.9. The Morgan fingerprint density at radius 1 is 1.12 bits per heavy atom. The highest BCUT2D eigenvalue weighted by atomic mass is 35.5. The second-order valence-electron chi connectivity index (χ2n) is 5.23. The molecule has 1 amide bonds. The van der Waals surface area contributed by atoms with Crippen molar-refractivity contribution in [2.45, 2.75) is 13.2 Å². The van der Waals surface area contributed by atoms with Gasteiger partial charge in [-0.15, -0.1) is 0 Å². The lowest BCUT2D eigenvalue weighted by molar-refractivity contribution is 0.0950. The third kappa shape index (κ3) is 3.48. The fourth-order valence-electron chi connectivity index (χ4n) is 2.37. The minimum absolute atomic E-state index is 0.0590. The molecule has 2 aromatic carbocycles. The molecule has 122 valence electrons. The SMILES string of the molecule is O=C(NCc1ccccc1CO)c1cnn(-c2ccccc2Cl)c1. The highest BCUT2D eigenvalue weighted by Crippen LogP contribution is 2.19. The van der Waals surface area contributed by atoms with Crippen molar-refractivity contribution in [3.63, 3.8) is 0 Å². The maximum atomic E-state index is 12.3. The van der Waals surface area contributed by atoms with Crippen LogP contribution in [0.3, 0.4) is 0 Å². The van der Waals surface area contributed by atoms with Gasteiger partial charge < -0.3 is 10.4 Å². The van der Waals surface area contributed by atoms with Gasteiger partial charge in [0.1, 0.15) is 0 Å². The number of nitrogens with zero attached hydrogens (tertiary/aromatic N) is 2. The van der Waals surface area contributed by atoms with Crippen LogP contribution in [0.2, 0.25) is 5.02 Å². The van der Waals surface area contributed by atoms with Crippen molar-refractivity contribution in [2.75, 3.05) is 0 Å². The van der Waals surface area contributed by atoms with Gasteiger partial charge in [0.05, 0.1) is 29.1 Å². The molecule has 0 aliphatic heterocycles. The Morgan fingerprint density at radius 3 is 2.58 bits per heavy atom. The lowest BCUT2D eigenvalue weighted by Gasteiger charge is -2.08. The van der Waals surface area contributed by atoms with Gasteiger partial charge in [-0.2, -0.15) is 5.10 Å². The van der Waals surface area contributed by atoms with E-state index in [4.69, 9.17) is 11.6 Å². The fourth-order valence-corrected chi connectivity index (χ4v) is 2.59. The number of para-hydroxylation sites is 1. The summed E-state index contributed by atoms with van der Waals surface area (Å²) in [5.74, 6) is -0.235. The molecule has 3 rings (SSSR count). The lowest BCUT2D eigenvalue weighted by Crippen LogP contribution is -2.23. The number of aromatic nitrogens is 2. The first kappa shape index (κ1) is 16.2. The van der Waals surface area contributed by atoms with Gasteiger partial charge in [-0.3, -0.25) is 4.79 Å². The molecule has 0 spiro atoms. The minimum atomic E-state index is -0.235. The summed E-state index contributed by atoms with van der Waals surface area (Å²) in [4.78, 5) is 12.3. The molecule has 2 N–H and O–H groups in total. The predicted octanol–water partition coefficient (Wildman–Crippen LogP) is 2.95. The highest BCUT2D eigenvalue weighted by molar-refractivity contribution is 6.32. The molecule has 24 heavy (non-hydrogen) atoms. The number of aliphatic hydroxyl groups excluding tert-OH is 1. The van der Waals surface area contributed by atoms with Crippen LogP contribution in [-0.2, 0) is 13.2 Å². The summed E-state index contributed by atoms with van der Waals surface area (Å²) in [5, 5.41) is 16.9. The topological polar surface area (TPSA) is 67.2 Å². The van der Waals surface area contributed by atoms with Crippen LogP contribution in [0.25, 0.3) is 5.69 Å². The van der Waals surface area contributed by atoms with Gasteiger partial charge in [-0.05, 0) is 23.3 Å². The molecule has 0 fully saturated rings. The predicted molar refractivity (Wildman–Crippen MR) is 92.1 cm³/mol. The molecular weight excluding hydrogens is 326 g/mol. The molecule has 1 heterocycles. The Labute approximate surface area is 144 Å². The van der Waals surface area contributed by atoms with Crippen molar-refractivity contribution < 1.29 is 9.90 Å². The van der Waals surface area contributed by atoms with E-state index in [0.717, 1.165) is 11.1 Å². The van der Waals surface area contributed by atoms with Crippen LogP contribution < -0.4 is 5.32 Å². The van der Waals surface area contributed by atoms with Crippen LogP contribution in [-0.4, -0.2) is 20.8 Å². The number of nitrogens with one attached hydrogen (secondary N) is 1. The summed E-state index contributed by atoms with van der Waals surface area (Å²) in [6, 6.07) is 14.7. The number of rotatable bonds is 5. The van der Waals surface area contributed by atoms with Gasteiger partial charge in [-0.25, -0.2) is 4.68 Å². The summed E-state index contributed by atoms with van der Waals surface area (Å²) in [7, 11) is 0. The Bertz CT molecular complexity index is 861. The maximum absolute atomic E-state index is 12.3. The largest absolute Gasteiger partial charge is 0.392 e. The van der Waals surface area contributed by atoms with Gasteiger partial charge in [0.2, 0.25) is 0 Å². The van der Waals surface area contributed by atoms with Crippen molar-refractivity contribution in [1.82, 2.24) is 15.1 Å². The van der Waals surface area contributed by atoms with Crippen molar-refractivity contribution in [3.8, 4) is 5.69 Å². The molecule has 0 atom stereocenters.